The predicted octanol–water partition coefficient (Wildman–Crippen LogP) is 5.12. The largest absolute Gasteiger partial charge is 0.508 e. The van der Waals surface area contributed by atoms with Gasteiger partial charge in [-0.05, 0) is 30.2 Å². The second-order valence-corrected chi connectivity index (χ2v) is 7.63. The summed E-state index contributed by atoms with van der Waals surface area (Å²) >= 11 is 6.07. The smallest absolute Gasteiger partial charge is 0.169 e. The molecule has 1 aliphatic rings. The van der Waals surface area contributed by atoms with E-state index in [9.17, 15) is 9.90 Å². The molecular weight excluding hydrogens is 384 g/mol. The van der Waals surface area contributed by atoms with Crippen LogP contribution in [0.5, 0.6) is 5.75 Å². The van der Waals surface area contributed by atoms with Gasteiger partial charge < -0.3 is 10.0 Å². The summed E-state index contributed by atoms with van der Waals surface area (Å²) < 4.78 is 0. The average Bonchev–Trinajstić information content (AvgIpc) is 3.09. The monoisotopic (exact) mass is 404 g/mol. The minimum Gasteiger partial charge on any atom is -0.508 e. The normalized spacial score (nSPS) is 20.8. The highest BCUT2D eigenvalue weighted by atomic mass is 35.5. The zero-order valence-electron chi connectivity index (χ0n) is 16.0. The Kier molecular flexibility index (Phi) is 5.12. The molecule has 0 saturated heterocycles. The Morgan fingerprint density at radius 1 is 1.07 bits per heavy atom. The van der Waals surface area contributed by atoms with Crippen LogP contribution in [-0.2, 0) is 16.9 Å². The van der Waals surface area contributed by atoms with Crippen LogP contribution >= 0.6 is 11.6 Å². The molecular formula is C24H21ClN2O2. The van der Waals surface area contributed by atoms with Gasteiger partial charge in [-0.1, -0.05) is 78.3 Å². The van der Waals surface area contributed by atoms with E-state index in [2.05, 4.69) is 0 Å². The molecule has 4 rings (SSSR count). The van der Waals surface area contributed by atoms with Crippen molar-refractivity contribution in [2.45, 2.75) is 25.0 Å². The highest BCUT2D eigenvalue weighted by molar-refractivity contribution is 6.30. The third-order valence-corrected chi connectivity index (χ3v) is 5.62. The standard InChI is InChI=1S/C24H21ClN2O2/c1-17(28)24(19-10-6-3-7-11-19)23(21-13-12-20(25)14-22(21)29)27(16-26-24)15-18-8-4-2-5-9-18/h2-14,16,23,29H,15H2,1H3/t23-,24+/m0/s1. The number of ketones is 1. The van der Waals surface area contributed by atoms with Crippen molar-refractivity contribution in [3.05, 3.63) is 101 Å². The first-order chi connectivity index (χ1) is 14.0. The Balaban J connectivity index is 1.88. The summed E-state index contributed by atoms with van der Waals surface area (Å²) in [6.45, 7) is 2.11. The molecule has 0 unspecified atom stereocenters. The zero-order chi connectivity index (χ0) is 20.4. The van der Waals surface area contributed by atoms with Crippen LogP contribution < -0.4 is 0 Å². The number of benzene rings is 3. The first-order valence-corrected chi connectivity index (χ1v) is 9.80. The van der Waals surface area contributed by atoms with E-state index >= 15 is 0 Å². The number of aromatic hydroxyl groups is 1. The Bertz CT molecular complexity index is 1050. The molecule has 29 heavy (non-hydrogen) atoms. The number of nitrogens with zero attached hydrogens (tertiary/aromatic N) is 2. The van der Waals surface area contributed by atoms with Gasteiger partial charge in [0.1, 0.15) is 5.75 Å². The maximum absolute atomic E-state index is 13.1. The predicted molar refractivity (Wildman–Crippen MR) is 115 cm³/mol. The summed E-state index contributed by atoms with van der Waals surface area (Å²) in [6.07, 6.45) is 1.72. The van der Waals surface area contributed by atoms with Crippen LogP contribution in [0.2, 0.25) is 5.02 Å². The quantitative estimate of drug-likeness (QED) is 0.642. The molecule has 0 amide bonds. The molecule has 3 aromatic rings. The lowest BCUT2D eigenvalue weighted by Crippen LogP contribution is -2.41. The van der Waals surface area contributed by atoms with Crippen molar-refractivity contribution in [1.82, 2.24) is 4.90 Å². The molecule has 0 spiro atoms. The molecule has 3 aromatic carbocycles. The van der Waals surface area contributed by atoms with Crippen LogP contribution in [0.25, 0.3) is 0 Å². The lowest BCUT2D eigenvalue weighted by atomic mass is 9.77. The molecule has 0 fully saturated rings. The Morgan fingerprint density at radius 2 is 1.72 bits per heavy atom. The SMILES string of the molecule is CC(=O)[C@]1(c2ccccc2)N=CN(Cc2ccccc2)[C@H]1c1ccc(Cl)cc1O. The molecule has 2 atom stereocenters. The molecule has 0 bridgehead atoms. The van der Waals surface area contributed by atoms with E-state index in [-0.39, 0.29) is 11.5 Å². The minimum absolute atomic E-state index is 0.0487. The maximum atomic E-state index is 13.1. The lowest BCUT2D eigenvalue weighted by Gasteiger charge is -2.36. The van der Waals surface area contributed by atoms with Crippen molar-refractivity contribution >= 4 is 23.7 Å². The van der Waals surface area contributed by atoms with Crippen LogP contribution in [-0.4, -0.2) is 22.1 Å². The van der Waals surface area contributed by atoms with Crippen molar-refractivity contribution in [3.8, 4) is 5.75 Å². The van der Waals surface area contributed by atoms with Gasteiger partial charge >= 0.3 is 0 Å². The van der Waals surface area contributed by atoms with Gasteiger partial charge in [-0.15, -0.1) is 0 Å². The van der Waals surface area contributed by atoms with E-state index in [1.807, 2.05) is 65.6 Å². The molecule has 0 saturated carbocycles. The molecule has 0 aromatic heterocycles. The van der Waals surface area contributed by atoms with Gasteiger partial charge in [0, 0.05) is 17.1 Å². The van der Waals surface area contributed by atoms with Crippen LogP contribution in [0, 0.1) is 0 Å². The summed E-state index contributed by atoms with van der Waals surface area (Å²) in [5, 5.41) is 11.2. The summed E-state index contributed by atoms with van der Waals surface area (Å²) in [4.78, 5) is 19.8. The van der Waals surface area contributed by atoms with E-state index in [0.29, 0.717) is 17.1 Å². The summed E-state index contributed by atoms with van der Waals surface area (Å²) in [5.74, 6) is -0.0394. The molecule has 1 heterocycles. The fourth-order valence-electron chi connectivity index (χ4n) is 4.03. The highest BCUT2D eigenvalue weighted by Crippen LogP contribution is 2.49. The molecule has 1 N–H and O–H groups in total. The summed E-state index contributed by atoms with van der Waals surface area (Å²) in [7, 11) is 0. The van der Waals surface area contributed by atoms with E-state index in [1.165, 1.54) is 6.07 Å². The number of carbonyl (C=O) groups excluding carboxylic acids is 1. The van der Waals surface area contributed by atoms with Crippen molar-refractivity contribution in [3.63, 3.8) is 0 Å². The number of Topliss-reactive ketones (excluding diaryl/α,β-unsaturated/α-hetero) is 1. The number of carbonyl (C=O) groups is 1. The molecule has 4 nitrogen and oxygen atoms in total. The number of aliphatic imine (C=N–C) groups is 1. The van der Waals surface area contributed by atoms with Gasteiger partial charge in [-0.25, -0.2) is 0 Å². The van der Waals surface area contributed by atoms with E-state index in [1.54, 1.807) is 25.4 Å². The van der Waals surface area contributed by atoms with Gasteiger partial charge in [0.2, 0.25) is 0 Å². The van der Waals surface area contributed by atoms with Crippen LogP contribution in [0.15, 0.2) is 83.9 Å². The zero-order valence-corrected chi connectivity index (χ0v) is 16.8. The third-order valence-electron chi connectivity index (χ3n) is 5.38. The molecule has 1 aliphatic heterocycles. The number of rotatable bonds is 5. The molecule has 0 radical (unpaired) electrons. The first kappa shape index (κ1) is 19.2. The van der Waals surface area contributed by atoms with Gasteiger partial charge in [0.25, 0.3) is 0 Å². The first-order valence-electron chi connectivity index (χ1n) is 9.42. The van der Waals surface area contributed by atoms with Gasteiger partial charge in [0.05, 0.1) is 12.4 Å². The fourth-order valence-corrected chi connectivity index (χ4v) is 4.20. The highest BCUT2D eigenvalue weighted by Gasteiger charge is 2.52. The fraction of sp³-hybridized carbons (Fsp3) is 0.167. The van der Waals surface area contributed by atoms with E-state index in [4.69, 9.17) is 16.6 Å². The maximum Gasteiger partial charge on any atom is 0.169 e. The molecule has 146 valence electrons. The van der Waals surface area contributed by atoms with Gasteiger partial charge in [-0.2, -0.15) is 0 Å². The number of hydrogen-bond donors (Lipinski definition) is 1. The molecule has 0 aliphatic carbocycles. The minimum atomic E-state index is -1.15. The Morgan fingerprint density at radius 3 is 2.34 bits per heavy atom. The Hall–Kier alpha value is -3.11. The summed E-state index contributed by atoms with van der Waals surface area (Å²) in [5.41, 5.74) is 1.34. The van der Waals surface area contributed by atoms with Crippen molar-refractivity contribution in [1.29, 1.82) is 0 Å². The average molecular weight is 405 g/mol. The number of phenols is 1. The van der Waals surface area contributed by atoms with Gasteiger partial charge in [-0.3, -0.25) is 9.79 Å². The van der Waals surface area contributed by atoms with Crippen LogP contribution in [0.4, 0.5) is 0 Å². The summed E-state index contributed by atoms with van der Waals surface area (Å²) in [6, 6.07) is 24.0. The van der Waals surface area contributed by atoms with Crippen LogP contribution in [0.3, 0.4) is 0 Å². The number of halogens is 1. The third kappa shape index (κ3) is 3.40. The topological polar surface area (TPSA) is 52.9 Å². The number of hydrogen-bond acceptors (Lipinski definition) is 4. The van der Waals surface area contributed by atoms with E-state index in [0.717, 1.165) is 11.1 Å². The second kappa shape index (κ2) is 7.72. The van der Waals surface area contributed by atoms with E-state index < -0.39 is 11.6 Å². The molecule has 5 heteroatoms. The number of phenolic OH excluding ortho intramolecular Hbond substituents is 1. The second-order valence-electron chi connectivity index (χ2n) is 7.20. The lowest BCUT2D eigenvalue weighted by molar-refractivity contribution is -0.123. The van der Waals surface area contributed by atoms with Crippen molar-refractivity contribution in [2.24, 2.45) is 4.99 Å². The van der Waals surface area contributed by atoms with Gasteiger partial charge in [0.15, 0.2) is 11.3 Å². The van der Waals surface area contributed by atoms with Crippen LogP contribution in [0.1, 0.15) is 29.7 Å². The van der Waals surface area contributed by atoms with Crippen molar-refractivity contribution in [2.75, 3.05) is 0 Å². The Labute approximate surface area is 175 Å². The van der Waals surface area contributed by atoms with Crippen molar-refractivity contribution < 1.29 is 9.90 Å².